The van der Waals surface area contributed by atoms with Gasteiger partial charge in [0.05, 0.1) is 18.1 Å². The lowest BCUT2D eigenvalue weighted by Crippen LogP contribution is -2.52. The van der Waals surface area contributed by atoms with Crippen LogP contribution < -0.4 is 5.32 Å². The molecule has 0 bridgehead atoms. The minimum atomic E-state index is -3.55. The van der Waals surface area contributed by atoms with Crippen molar-refractivity contribution in [2.24, 2.45) is 5.92 Å². The summed E-state index contributed by atoms with van der Waals surface area (Å²) in [4.78, 5) is 27.2. The van der Waals surface area contributed by atoms with E-state index in [2.05, 4.69) is 5.32 Å². The Balaban J connectivity index is 1.31. The number of sulfonamides is 1. The van der Waals surface area contributed by atoms with Crippen LogP contribution in [0.15, 0.2) is 23.1 Å². The standard InChI is InChI=1S/C22H31N3O5S/c1-16(22(27)24-11-13-30-14-12-24)23-21(26)18-7-9-25(10-8-18)31(28,29)20-6-5-17-3-2-4-19(17)15-20/h5-6,15-16,18H,2-4,7-14H2,1H3,(H,23,26). The van der Waals surface area contributed by atoms with Gasteiger partial charge in [-0.3, -0.25) is 9.59 Å². The van der Waals surface area contributed by atoms with Gasteiger partial charge in [0.15, 0.2) is 0 Å². The van der Waals surface area contributed by atoms with Gasteiger partial charge in [0, 0.05) is 32.1 Å². The van der Waals surface area contributed by atoms with Gasteiger partial charge in [-0.1, -0.05) is 6.07 Å². The largest absolute Gasteiger partial charge is 0.378 e. The molecule has 31 heavy (non-hydrogen) atoms. The first-order chi connectivity index (χ1) is 14.9. The van der Waals surface area contributed by atoms with E-state index in [0.29, 0.717) is 57.1 Å². The third-order valence-electron chi connectivity index (χ3n) is 6.58. The molecule has 8 nitrogen and oxygen atoms in total. The Morgan fingerprint density at radius 3 is 2.45 bits per heavy atom. The van der Waals surface area contributed by atoms with E-state index in [-0.39, 0.29) is 17.7 Å². The number of amides is 2. The number of piperidine rings is 1. The molecule has 0 spiro atoms. The quantitative estimate of drug-likeness (QED) is 0.722. The van der Waals surface area contributed by atoms with E-state index in [4.69, 9.17) is 4.74 Å². The summed E-state index contributed by atoms with van der Waals surface area (Å²) < 4.78 is 32.9. The summed E-state index contributed by atoms with van der Waals surface area (Å²) in [6.07, 6.45) is 3.93. The zero-order chi connectivity index (χ0) is 22.0. The molecule has 4 rings (SSSR count). The maximum Gasteiger partial charge on any atom is 0.245 e. The number of nitrogens with one attached hydrogen (secondary N) is 1. The summed E-state index contributed by atoms with van der Waals surface area (Å²) in [7, 11) is -3.55. The number of benzene rings is 1. The fourth-order valence-electron chi connectivity index (χ4n) is 4.67. The second-order valence-electron chi connectivity index (χ2n) is 8.63. The van der Waals surface area contributed by atoms with Crippen molar-refractivity contribution in [3.05, 3.63) is 29.3 Å². The van der Waals surface area contributed by atoms with Crippen LogP contribution in [0.4, 0.5) is 0 Å². The average Bonchev–Trinajstić information content (AvgIpc) is 3.27. The molecule has 1 unspecified atom stereocenters. The Kier molecular flexibility index (Phi) is 6.64. The maximum atomic E-state index is 13.1. The molecule has 2 heterocycles. The van der Waals surface area contributed by atoms with Crippen molar-refractivity contribution in [2.45, 2.75) is 50.0 Å². The summed E-state index contributed by atoms with van der Waals surface area (Å²) in [5, 5.41) is 2.82. The first-order valence-corrected chi connectivity index (χ1v) is 12.6. The van der Waals surface area contributed by atoms with Crippen LogP contribution in [0.2, 0.25) is 0 Å². The van der Waals surface area contributed by atoms with Crippen molar-refractivity contribution in [1.29, 1.82) is 0 Å². The summed E-state index contributed by atoms with van der Waals surface area (Å²) >= 11 is 0. The Bertz CT molecular complexity index is 934. The van der Waals surface area contributed by atoms with E-state index in [1.54, 1.807) is 17.9 Å². The smallest absolute Gasteiger partial charge is 0.245 e. The Morgan fingerprint density at radius 1 is 1.06 bits per heavy atom. The van der Waals surface area contributed by atoms with Gasteiger partial charge in [-0.15, -0.1) is 0 Å². The van der Waals surface area contributed by atoms with Gasteiger partial charge in [0.25, 0.3) is 0 Å². The molecule has 0 radical (unpaired) electrons. The number of hydrogen-bond donors (Lipinski definition) is 1. The summed E-state index contributed by atoms with van der Waals surface area (Å²) in [5.74, 6) is -0.566. The van der Waals surface area contributed by atoms with E-state index in [1.165, 1.54) is 9.87 Å². The number of carbonyl (C=O) groups is 2. The van der Waals surface area contributed by atoms with Crippen LogP contribution in [0.25, 0.3) is 0 Å². The van der Waals surface area contributed by atoms with Crippen LogP contribution in [0.3, 0.4) is 0 Å². The highest BCUT2D eigenvalue weighted by Gasteiger charge is 2.34. The van der Waals surface area contributed by atoms with Crippen molar-refractivity contribution in [3.8, 4) is 0 Å². The van der Waals surface area contributed by atoms with Gasteiger partial charge >= 0.3 is 0 Å². The lowest BCUT2D eigenvalue weighted by atomic mass is 9.97. The molecule has 2 fully saturated rings. The molecule has 1 aromatic carbocycles. The number of ether oxygens (including phenoxy) is 1. The number of carbonyl (C=O) groups excluding carboxylic acids is 2. The predicted molar refractivity (Wildman–Crippen MR) is 115 cm³/mol. The van der Waals surface area contributed by atoms with Gasteiger partial charge < -0.3 is 15.0 Å². The Hall–Kier alpha value is -1.97. The number of fused-ring (bicyclic) bond motifs is 1. The van der Waals surface area contributed by atoms with Gasteiger partial charge in [-0.2, -0.15) is 4.31 Å². The number of hydrogen-bond acceptors (Lipinski definition) is 5. The van der Waals surface area contributed by atoms with Crippen molar-refractivity contribution >= 4 is 21.8 Å². The predicted octanol–water partition coefficient (Wildman–Crippen LogP) is 0.940. The molecule has 3 aliphatic rings. The van der Waals surface area contributed by atoms with Crippen LogP contribution in [0.1, 0.15) is 37.3 Å². The minimum Gasteiger partial charge on any atom is -0.378 e. The molecule has 2 amide bonds. The van der Waals surface area contributed by atoms with Crippen molar-refractivity contribution in [3.63, 3.8) is 0 Å². The second kappa shape index (κ2) is 9.26. The topological polar surface area (TPSA) is 96.0 Å². The molecule has 0 aromatic heterocycles. The monoisotopic (exact) mass is 449 g/mol. The first kappa shape index (κ1) is 22.2. The Morgan fingerprint density at radius 2 is 1.74 bits per heavy atom. The van der Waals surface area contributed by atoms with Crippen molar-refractivity contribution < 1.29 is 22.7 Å². The molecular formula is C22H31N3O5S. The minimum absolute atomic E-state index is 0.103. The number of nitrogens with zero attached hydrogens (tertiary/aromatic N) is 2. The maximum absolute atomic E-state index is 13.1. The highest BCUT2D eigenvalue weighted by Crippen LogP contribution is 2.28. The SMILES string of the molecule is CC(NC(=O)C1CCN(S(=O)(=O)c2ccc3c(c2)CCC3)CC1)C(=O)N1CCOCC1. The van der Waals surface area contributed by atoms with Gasteiger partial charge in [0.2, 0.25) is 21.8 Å². The first-order valence-electron chi connectivity index (χ1n) is 11.1. The summed E-state index contributed by atoms with van der Waals surface area (Å²) in [6.45, 7) is 4.43. The molecule has 9 heteroatoms. The molecule has 0 saturated carbocycles. The van der Waals surface area contributed by atoms with Gasteiger partial charge in [-0.05, 0) is 62.3 Å². The molecule has 1 N–H and O–H groups in total. The highest BCUT2D eigenvalue weighted by atomic mass is 32.2. The zero-order valence-electron chi connectivity index (χ0n) is 18.0. The van der Waals surface area contributed by atoms with E-state index >= 15 is 0 Å². The van der Waals surface area contributed by atoms with Gasteiger partial charge in [-0.25, -0.2) is 8.42 Å². The van der Waals surface area contributed by atoms with E-state index in [1.807, 2.05) is 12.1 Å². The average molecular weight is 450 g/mol. The van der Waals surface area contributed by atoms with Crippen LogP contribution in [-0.4, -0.2) is 74.9 Å². The second-order valence-corrected chi connectivity index (χ2v) is 10.6. The molecule has 1 aliphatic carbocycles. The highest BCUT2D eigenvalue weighted by molar-refractivity contribution is 7.89. The number of morpholine rings is 1. The fraction of sp³-hybridized carbons (Fsp3) is 0.636. The molecule has 1 aromatic rings. The van der Waals surface area contributed by atoms with Crippen LogP contribution >= 0.6 is 0 Å². The van der Waals surface area contributed by atoms with Crippen molar-refractivity contribution in [2.75, 3.05) is 39.4 Å². The van der Waals surface area contributed by atoms with Crippen LogP contribution in [0, 0.1) is 5.92 Å². The van der Waals surface area contributed by atoms with Crippen molar-refractivity contribution in [1.82, 2.24) is 14.5 Å². The molecule has 2 aliphatic heterocycles. The molecule has 170 valence electrons. The van der Waals surface area contributed by atoms with Gasteiger partial charge in [0.1, 0.15) is 6.04 Å². The van der Waals surface area contributed by atoms with Crippen LogP contribution in [0.5, 0.6) is 0 Å². The Labute approximate surface area is 184 Å². The van der Waals surface area contributed by atoms with E-state index in [0.717, 1.165) is 24.8 Å². The number of rotatable bonds is 5. The van der Waals surface area contributed by atoms with E-state index in [9.17, 15) is 18.0 Å². The molecule has 1 atom stereocenters. The lowest BCUT2D eigenvalue weighted by molar-refractivity contribution is -0.140. The summed E-state index contributed by atoms with van der Waals surface area (Å²) in [6, 6.07) is 4.85. The van der Waals surface area contributed by atoms with E-state index < -0.39 is 16.1 Å². The normalized spacial score (nSPS) is 21.5. The zero-order valence-corrected chi connectivity index (χ0v) is 18.8. The third kappa shape index (κ3) is 4.78. The lowest BCUT2D eigenvalue weighted by Gasteiger charge is -2.32. The molecule has 2 saturated heterocycles. The third-order valence-corrected chi connectivity index (χ3v) is 8.48. The van der Waals surface area contributed by atoms with Crippen LogP contribution in [-0.2, 0) is 37.2 Å². The number of aryl methyl sites for hydroxylation is 2. The summed E-state index contributed by atoms with van der Waals surface area (Å²) in [5.41, 5.74) is 2.38. The fourth-order valence-corrected chi connectivity index (χ4v) is 6.19. The molecular weight excluding hydrogens is 418 g/mol.